The summed E-state index contributed by atoms with van der Waals surface area (Å²) < 4.78 is 21.8. The molecule has 0 aromatic carbocycles. The van der Waals surface area contributed by atoms with Crippen molar-refractivity contribution >= 4 is 5.91 Å². The van der Waals surface area contributed by atoms with Gasteiger partial charge in [-0.3, -0.25) is 4.79 Å². The topological polar surface area (TPSA) is 187 Å². The summed E-state index contributed by atoms with van der Waals surface area (Å²) in [4.78, 5) is 11.2. The molecule has 0 aromatic heterocycles. The first-order chi connectivity index (χ1) is 13.7. The minimum Gasteiger partial charge on any atom is -0.394 e. The molecular weight excluding hydrogens is 394 g/mol. The maximum atomic E-state index is 11.2. The first-order valence-corrected chi connectivity index (χ1v) is 9.20. The van der Waals surface area contributed by atoms with Crippen molar-refractivity contribution in [2.24, 2.45) is 0 Å². The first kappa shape index (κ1) is 24.1. The maximum Gasteiger partial charge on any atom is 0.243 e. The molecule has 29 heavy (non-hydrogen) atoms. The van der Waals surface area contributed by atoms with Gasteiger partial charge in [0.1, 0.15) is 42.7 Å². The number of aliphatic hydroxyl groups excluding tert-OH is 6. The molecule has 0 bridgehead atoms. The number of carbonyl (C=O) groups excluding carboxylic acids is 1. The number of carbonyl (C=O) groups is 1. The summed E-state index contributed by atoms with van der Waals surface area (Å²) in [6, 6.07) is 0. The molecule has 2 saturated heterocycles. The molecule has 0 aromatic rings. The number of hydrogen-bond donors (Lipinski definition) is 7. The summed E-state index contributed by atoms with van der Waals surface area (Å²) in [6.07, 6.45) is -12.8. The third-order valence-corrected chi connectivity index (χ3v) is 4.79. The van der Waals surface area contributed by atoms with Gasteiger partial charge >= 0.3 is 0 Å². The molecule has 0 saturated carbocycles. The van der Waals surface area contributed by atoms with Gasteiger partial charge in [0, 0.05) is 6.54 Å². The largest absolute Gasteiger partial charge is 0.394 e. The molecule has 12 heteroatoms. The van der Waals surface area contributed by atoms with Gasteiger partial charge in [-0.05, 0) is 13.0 Å². The van der Waals surface area contributed by atoms with Gasteiger partial charge in [-0.1, -0.05) is 6.58 Å². The third kappa shape index (κ3) is 5.70. The minimum absolute atomic E-state index is 0.0725. The molecule has 7 N–H and O–H groups in total. The fourth-order valence-corrected chi connectivity index (χ4v) is 3.04. The molecule has 12 nitrogen and oxygen atoms in total. The van der Waals surface area contributed by atoms with Crippen molar-refractivity contribution in [1.29, 1.82) is 0 Å². The van der Waals surface area contributed by atoms with Crippen LogP contribution in [-0.2, 0) is 23.7 Å². The highest BCUT2D eigenvalue weighted by atomic mass is 16.8. The van der Waals surface area contributed by atoms with Crippen LogP contribution in [0.15, 0.2) is 12.7 Å². The summed E-state index contributed by atoms with van der Waals surface area (Å²) in [5, 5.41) is 62.1. The van der Waals surface area contributed by atoms with Gasteiger partial charge in [0.2, 0.25) is 5.91 Å². The van der Waals surface area contributed by atoms with Crippen molar-refractivity contribution in [2.45, 2.75) is 68.3 Å². The second kappa shape index (κ2) is 10.7. The van der Waals surface area contributed by atoms with Crippen molar-refractivity contribution in [1.82, 2.24) is 5.32 Å². The van der Waals surface area contributed by atoms with Crippen LogP contribution < -0.4 is 5.32 Å². The fourth-order valence-electron chi connectivity index (χ4n) is 3.04. The predicted octanol–water partition coefficient (Wildman–Crippen LogP) is -4.04. The van der Waals surface area contributed by atoms with Crippen LogP contribution in [-0.4, -0.2) is 118 Å². The van der Waals surface area contributed by atoms with E-state index in [2.05, 4.69) is 11.9 Å². The molecule has 0 spiro atoms. The van der Waals surface area contributed by atoms with Gasteiger partial charge in [-0.25, -0.2) is 0 Å². The zero-order valence-electron chi connectivity index (χ0n) is 15.9. The number of nitrogens with one attached hydrogen (secondary N) is 1. The lowest BCUT2D eigenvalue weighted by Crippen LogP contribution is -2.64. The van der Waals surface area contributed by atoms with Crippen LogP contribution in [0.25, 0.3) is 0 Å². The summed E-state index contributed by atoms with van der Waals surface area (Å²) >= 11 is 0. The molecule has 2 rings (SSSR count). The first-order valence-electron chi connectivity index (χ1n) is 9.20. The van der Waals surface area contributed by atoms with Crippen molar-refractivity contribution in [3.63, 3.8) is 0 Å². The van der Waals surface area contributed by atoms with Crippen LogP contribution in [0.3, 0.4) is 0 Å². The number of aliphatic hydroxyl groups is 6. The Hall–Kier alpha value is -1.19. The van der Waals surface area contributed by atoms with Gasteiger partial charge in [-0.2, -0.15) is 0 Å². The van der Waals surface area contributed by atoms with E-state index in [1.165, 1.54) is 6.92 Å². The number of rotatable bonds is 8. The molecule has 2 aliphatic rings. The summed E-state index contributed by atoms with van der Waals surface area (Å²) in [5.74, 6) is -0.421. The minimum atomic E-state index is -1.64. The van der Waals surface area contributed by atoms with Crippen LogP contribution in [0.2, 0.25) is 0 Å². The zero-order valence-corrected chi connectivity index (χ0v) is 15.9. The average Bonchev–Trinajstić information content (AvgIpc) is 2.71. The second-order valence-corrected chi connectivity index (χ2v) is 6.85. The van der Waals surface area contributed by atoms with E-state index in [-0.39, 0.29) is 13.2 Å². The van der Waals surface area contributed by atoms with Crippen molar-refractivity contribution < 1.29 is 54.4 Å². The second-order valence-electron chi connectivity index (χ2n) is 6.85. The van der Waals surface area contributed by atoms with E-state index in [4.69, 9.17) is 18.9 Å². The normalized spacial score (nSPS) is 43.0. The number of ether oxygens (including phenoxy) is 4. The van der Waals surface area contributed by atoms with Crippen molar-refractivity contribution in [2.75, 3.05) is 19.8 Å². The van der Waals surface area contributed by atoms with Gasteiger partial charge in [0.05, 0.1) is 19.3 Å². The zero-order chi connectivity index (χ0) is 21.7. The quantitative estimate of drug-likeness (QED) is 0.149. The molecule has 2 fully saturated rings. The SMILES string of the molecule is C=CC(=O)NCCO[C@@H]1O[C@H](CO)[C@H](O)[C@H](O)[C@H]1O[C@@H]1O[C@@H](C)[C@@H](O)[C@@H](O)[C@@H]1O. The highest BCUT2D eigenvalue weighted by molar-refractivity contribution is 5.86. The van der Waals surface area contributed by atoms with Gasteiger partial charge in [-0.15, -0.1) is 0 Å². The molecule has 2 heterocycles. The highest BCUT2D eigenvalue weighted by Crippen LogP contribution is 2.29. The molecule has 168 valence electrons. The van der Waals surface area contributed by atoms with Crippen LogP contribution in [0.4, 0.5) is 0 Å². The lowest BCUT2D eigenvalue weighted by molar-refractivity contribution is -0.364. The molecule has 1 amide bonds. The van der Waals surface area contributed by atoms with E-state index >= 15 is 0 Å². The van der Waals surface area contributed by atoms with Crippen LogP contribution in [0.5, 0.6) is 0 Å². The van der Waals surface area contributed by atoms with E-state index in [0.29, 0.717) is 0 Å². The average molecular weight is 423 g/mol. The summed E-state index contributed by atoms with van der Waals surface area (Å²) in [6.45, 7) is 4.16. The van der Waals surface area contributed by atoms with Crippen LogP contribution in [0.1, 0.15) is 6.92 Å². The lowest BCUT2D eigenvalue weighted by atomic mass is 9.97. The highest BCUT2D eigenvalue weighted by Gasteiger charge is 2.50. The summed E-state index contributed by atoms with van der Waals surface area (Å²) in [5.41, 5.74) is 0. The van der Waals surface area contributed by atoms with Gasteiger partial charge in [0.25, 0.3) is 0 Å². The molecule has 10 atom stereocenters. The Bertz CT molecular complexity index is 549. The van der Waals surface area contributed by atoms with E-state index in [1.807, 2.05) is 0 Å². The van der Waals surface area contributed by atoms with Crippen molar-refractivity contribution in [3.05, 3.63) is 12.7 Å². The van der Waals surface area contributed by atoms with Crippen molar-refractivity contribution in [3.8, 4) is 0 Å². The molecule has 0 aliphatic carbocycles. The Morgan fingerprint density at radius 3 is 2.34 bits per heavy atom. The summed E-state index contributed by atoms with van der Waals surface area (Å²) in [7, 11) is 0. The Balaban J connectivity index is 2.07. The molecule has 2 aliphatic heterocycles. The number of hydrogen-bond acceptors (Lipinski definition) is 11. The van der Waals surface area contributed by atoms with Crippen LogP contribution in [0, 0.1) is 0 Å². The smallest absolute Gasteiger partial charge is 0.243 e. The Morgan fingerprint density at radius 1 is 1.03 bits per heavy atom. The van der Waals surface area contributed by atoms with Crippen LogP contribution >= 0.6 is 0 Å². The molecule has 0 radical (unpaired) electrons. The Labute approximate surface area is 167 Å². The third-order valence-electron chi connectivity index (χ3n) is 4.79. The number of amides is 1. The van der Waals surface area contributed by atoms with E-state index < -0.39 is 73.9 Å². The predicted molar refractivity (Wildman–Crippen MR) is 94.1 cm³/mol. The standard InChI is InChI=1S/C17H29NO11/c1-3-9(20)18-4-5-26-17-15(13(24)11(22)8(6-19)28-17)29-16-14(25)12(23)10(21)7(2)27-16/h3,7-8,10-17,19,21-25H,1,4-6H2,2H3,(H,18,20)/t7-,8+,10+,11-,12+,13-,14-,15+,16-,17+/m0/s1. The maximum absolute atomic E-state index is 11.2. The molecule has 0 unspecified atom stereocenters. The van der Waals surface area contributed by atoms with Gasteiger partial charge in [0.15, 0.2) is 12.6 Å². The van der Waals surface area contributed by atoms with E-state index in [9.17, 15) is 35.4 Å². The van der Waals surface area contributed by atoms with E-state index in [1.54, 1.807) is 0 Å². The fraction of sp³-hybridized carbons (Fsp3) is 0.824. The lowest BCUT2D eigenvalue weighted by Gasteiger charge is -2.45. The monoisotopic (exact) mass is 423 g/mol. The van der Waals surface area contributed by atoms with Gasteiger partial charge < -0.3 is 54.9 Å². The molecular formula is C17H29NO11. The Kier molecular flexibility index (Phi) is 8.91. The van der Waals surface area contributed by atoms with E-state index in [0.717, 1.165) is 6.08 Å². The Morgan fingerprint density at radius 2 is 1.72 bits per heavy atom.